The molecule has 2 N–H and O–H groups in total. The Balaban J connectivity index is 1.59. The molecule has 4 aromatic carbocycles. The third-order valence-electron chi connectivity index (χ3n) is 7.23. The van der Waals surface area contributed by atoms with E-state index in [9.17, 15) is 14.7 Å². The number of nitrogens with zero attached hydrogens (tertiary/aromatic N) is 1. The molecule has 4 aromatic rings. The van der Waals surface area contributed by atoms with Crippen LogP contribution in [-0.2, 0) is 10.3 Å². The smallest absolute Gasteiger partial charge is 0.340 e. The van der Waals surface area contributed by atoms with E-state index in [-0.39, 0.29) is 5.56 Å². The molecule has 190 valence electrons. The van der Waals surface area contributed by atoms with Gasteiger partial charge in [-0.15, -0.1) is 0 Å². The first-order chi connectivity index (χ1) is 18.4. The summed E-state index contributed by atoms with van der Waals surface area (Å²) in [4.78, 5) is 27.4. The number of hydrogen-bond donors (Lipinski definition) is 2. The Bertz CT molecular complexity index is 1580. The van der Waals surface area contributed by atoms with Gasteiger partial charge in [-0.2, -0.15) is 0 Å². The normalized spacial score (nSPS) is 16.6. The zero-order chi connectivity index (χ0) is 26.4. The predicted octanol–water partition coefficient (Wildman–Crippen LogP) is 6.54. The van der Waals surface area contributed by atoms with Crippen LogP contribution in [0.5, 0.6) is 11.5 Å². The molecule has 0 saturated carbocycles. The van der Waals surface area contributed by atoms with Crippen LogP contribution < -0.4 is 15.0 Å². The molecule has 2 heterocycles. The van der Waals surface area contributed by atoms with Crippen LogP contribution in [0.1, 0.15) is 51.3 Å². The SMILES string of the molecule is CCN(CC)c1ccc2c(c1)Oc1ccc(Nc3ccccc3)cc1C21OC(=O)c2ccc(C(=O)O)cc21. The predicted molar refractivity (Wildman–Crippen MR) is 145 cm³/mol. The van der Waals surface area contributed by atoms with Crippen molar-refractivity contribution >= 4 is 29.0 Å². The van der Waals surface area contributed by atoms with Gasteiger partial charge in [-0.1, -0.05) is 18.2 Å². The quantitative estimate of drug-likeness (QED) is 0.287. The molecule has 2 aliphatic rings. The second kappa shape index (κ2) is 8.95. The van der Waals surface area contributed by atoms with Crippen molar-refractivity contribution in [3.63, 3.8) is 0 Å². The fourth-order valence-electron chi connectivity index (χ4n) is 5.39. The van der Waals surface area contributed by atoms with E-state index in [1.807, 2.05) is 66.7 Å². The first-order valence-electron chi connectivity index (χ1n) is 12.6. The van der Waals surface area contributed by atoms with Crippen LogP contribution in [0.2, 0.25) is 0 Å². The van der Waals surface area contributed by atoms with Gasteiger partial charge >= 0.3 is 11.9 Å². The molecule has 0 aromatic heterocycles. The number of para-hydroxylation sites is 1. The molecule has 0 amide bonds. The van der Waals surface area contributed by atoms with E-state index in [0.717, 1.165) is 30.2 Å². The van der Waals surface area contributed by atoms with Crippen molar-refractivity contribution in [2.75, 3.05) is 23.3 Å². The van der Waals surface area contributed by atoms with E-state index in [1.165, 1.54) is 18.2 Å². The number of carboxylic acids is 1. The average molecular weight is 507 g/mol. The minimum atomic E-state index is -1.36. The molecule has 2 aliphatic heterocycles. The Labute approximate surface area is 220 Å². The van der Waals surface area contributed by atoms with Crippen LogP contribution in [0.15, 0.2) is 84.9 Å². The summed E-state index contributed by atoms with van der Waals surface area (Å²) in [5.41, 5.74) is 3.47. The zero-order valence-corrected chi connectivity index (χ0v) is 21.0. The van der Waals surface area contributed by atoms with Crippen LogP contribution in [0, 0.1) is 0 Å². The highest BCUT2D eigenvalue weighted by Crippen LogP contribution is 2.57. The van der Waals surface area contributed by atoms with Gasteiger partial charge in [0.15, 0.2) is 5.60 Å². The summed E-state index contributed by atoms with van der Waals surface area (Å²) >= 11 is 0. The van der Waals surface area contributed by atoms with Crippen molar-refractivity contribution in [1.82, 2.24) is 0 Å². The molecule has 38 heavy (non-hydrogen) atoms. The van der Waals surface area contributed by atoms with Gasteiger partial charge in [0.05, 0.1) is 11.1 Å². The van der Waals surface area contributed by atoms with E-state index in [2.05, 4.69) is 24.1 Å². The second-order valence-corrected chi connectivity index (χ2v) is 9.29. The molecule has 1 atom stereocenters. The van der Waals surface area contributed by atoms with Gasteiger partial charge in [0, 0.05) is 52.9 Å². The maximum absolute atomic E-state index is 13.2. The number of ether oxygens (including phenoxy) is 2. The van der Waals surface area contributed by atoms with Gasteiger partial charge in [-0.3, -0.25) is 0 Å². The van der Waals surface area contributed by atoms with Gasteiger partial charge in [-0.25, -0.2) is 9.59 Å². The number of fused-ring (bicyclic) bond motifs is 6. The number of hydrogen-bond acceptors (Lipinski definition) is 6. The van der Waals surface area contributed by atoms with Crippen molar-refractivity contribution in [3.05, 3.63) is 113 Å². The summed E-state index contributed by atoms with van der Waals surface area (Å²) in [6.07, 6.45) is 0. The highest BCUT2D eigenvalue weighted by atomic mass is 16.6. The molecular weight excluding hydrogens is 480 g/mol. The lowest BCUT2D eigenvalue weighted by Crippen LogP contribution is -2.33. The molecule has 1 unspecified atom stereocenters. The van der Waals surface area contributed by atoms with Crippen LogP contribution in [0.25, 0.3) is 0 Å². The lowest BCUT2D eigenvalue weighted by atomic mass is 9.77. The summed E-state index contributed by atoms with van der Waals surface area (Å²) in [5.74, 6) is -0.489. The molecule has 7 heteroatoms. The van der Waals surface area contributed by atoms with Crippen molar-refractivity contribution in [1.29, 1.82) is 0 Å². The molecule has 0 radical (unpaired) electrons. The summed E-state index contributed by atoms with van der Waals surface area (Å²) in [6.45, 7) is 5.82. The summed E-state index contributed by atoms with van der Waals surface area (Å²) in [6, 6.07) is 25.8. The Morgan fingerprint density at radius 1 is 0.842 bits per heavy atom. The molecule has 0 bridgehead atoms. The van der Waals surface area contributed by atoms with Gasteiger partial charge in [0.1, 0.15) is 11.5 Å². The first kappa shape index (κ1) is 23.6. The topological polar surface area (TPSA) is 88.1 Å². The molecule has 7 nitrogen and oxygen atoms in total. The highest BCUT2D eigenvalue weighted by molar-refractivity contribution is 5.99. The fourth-order valence-corrected chi connectivity index (χ4v) is 5.39. The van der Waals surface area contributed by atoms with Crippen molar-refractivity contribution < 1.29 is 24.2 Å². The first-order valence-corrected chi connectivity index (χ1v) is 12.6. The van der Waals surface area contributed by atoms with E-state index >= 15 is 0 Å². The summed E-state index contributed by atoms with van der Waals surface area (Å²) in [7, 11) is 0. The number of carboxylic acid groups (broad SMARTS) is 1. The minimum absolute atomic E-state index is 0.0781. The summed E-state index contributed by atoms with van der Waals surface area (Å²) in [5, 5.41) is 13.1. The standard InChI is InChI=1S/C31H26N2O5/c1-3-33(4-2)22-12-14-24-28(18-22)37-27-15-11-21(32-20-8-6-5-7-9-20)17-26(27)31(24)25-16-19(29(34)35)10-13-23(25)30(36)38-31/h5-18,32H,3-4H2,1-2H3,(H,34,35). The Morgan fingerprint density at radius 2 is 1.63 bits per heavy atom. The number of benzene rings is 4. The van der Waals surface area contributed by atoms with Crippen LogP contribution >= 0.6 is 0 Å². The Morgan fingerprint density at radius 3 is 2.37 bits per heavy atom. The van der Waals surface area contributed by atoms with Gasteiger partial charge < -0.3 is 24.8 Å². The lowest BCUT2D eigenvalue weighted by Gasteiger charge is -2.37. The number of aromatic carboxylic acids is 1. The number of nitrogens with one attached hydrogen (secondary N) is 1. The third kappa shape index (κ3) is 3.58. The molecule has 0 saturated heterocycles. The molecule has 0 aliphatic carbocycles. The van der Waals surface area contributed by atoms with Gasteiger partial charge in [0.2, 0.25) is 0 Å². The largest absolute Gasteiger partial charge is 0.478 e. The third-order valence-corrected chi connectivity index (χ3v) is 7.23. The van der Waals surface area contributed by atoms with E-state index in [1.54, 1.807) is 0 Å². The molecule has 0 fully saturated rings. The van der Waals surface area contributed by atoms with Crippen molar-refractivity contribution in [3.8, 4) is 11.5 Å². The maximum Gasteiger partial charge on any atom is 0.340 e. The van der Waals surface area contributed by atoms with Crippen LogP contribution in [0.3, 0.4) is 0 Å². The monoisotopic (exact) mass is 506 g/mol. The Hall–Kier alpha value is -4.78. The van der Waals surface area contributed by atoms with Gasteiger partial charge in [-0.05, 0) is 74.5 Å². The Kier molecular flexibility index (Phi) is 5.56. The van der Waals surface area contributed by atoms with E-state index < -0.39 is 17.5 Å². The van der Waals surface area contributed by atoms with E-state index in [4.69, 9.17) is 9.47 Å². The van der Waals surface area contributed by atoms with Crippen LogP contribution in [0.4, 0.5) is 17.1 Å². The zero-order valence-electron chi connectivity index (χ0n) is 21.0. The average Bonchev–Trinajstić information content (AvgIpc) is 3.22. The van der Waals surface area contributed by atoms with E-state index in [0.29, 0.717) is 33.8 Å². The fraction of sp³-hybridized carbons (Fsp3) is 0.161. The molecule has 6 rings (SSSR count). The second-order valence-electron chi connectivity index (χ2n) is 9.29. The number of carbonyl (C=O) groups is 2. The number of anilines is 3. The number of rotatable bonds is 6. The van der Waals surface area contributed by atoms with Gasteiger partial charge in [0.25, 0.3) is 0 Å². The number of carbonyl (C=O) groups excluding carboxylic acids is 1. The van der Waals surface area contributed by atoms with Crippen LogP contribution in [-0.4, -0.2) is 30.1 Å². The summed E-state index contributed by atoms with van der Waals surface area (Å²) < 4.78 is 12.7. The minimum Gasteiger partial charge on any atom is -0.478 e. The molecule has 1 spiro atoms. The lowest BCUT2D eigenvalue weighted by molar-refractivity contribution is 0.0224. The van der Waals surface area contributed by atoms with Crippen molar-refractivity contribution in [2.24, 2.45) is 0 Å². The molecular formula is C31H26N2O5. The highest BCUT2D eigenvalue weighted by Gasteiger charge is 2.54. The van der Waals surface area contributed by atoms with Crippen molar-refractivity contribution in [2.45, 2.75) is 19.4 Å². The maximum atomic E-state index is 13.2. The number of esters is 1.